The number of aromatic amines is 1. The number of carbonyl (C=O) groups excluding carboxylic acids is 2. The fraction of sp³-hybridized carbons (Fsp3) is 0.722. The van der Waals surface area contributed by atoms with Crippen molar-refractivity contribution in [2.24, 2.45) is 0 Å². The molecule has 27 heavy (non-hydrogen) atoms. The molecular formula is C18H29ClN4O4. The molecule has 2 N–H and O–H groups in total. The molecule has 1 saturated heterocycles. The van der Waals surface area contributed by atoms with Gasteiger partial charge >= 0.3 is 6.09 Å². The minimum absolute atomic E-state index is 0.168. The first kappa shape index (κ1) is 21.5. The van der Waals surface area contributed by atoms with E-state index in [1.54, 1.807) is 11.8 Å². The maximum absolute atomic E-state index is 12.5. The van der Waals surface area contributed by atoms with E-state index in [-0.39, 0.29) is 35.1 Å². The number of H-pyrrole nitrogens is 1. The first-order valence-corrected chi connectivity index (χ1v) is 9.61. The van der Waals surface area contributed by atoms with Crippen LogP contribution in [0, 0.1) is 6.92 Å². The number of amides is 2. The quantitative estimate of drug-likeness (QED) is 0.792. The highest BCUT2D eigenvalue weighted by atomic mass is 35.5. The largest absolute Gasteiger partial charge is 0.444 e. The van der Waals surface area contributed by atoms with Gasteiger partial charge in [-0.15, -0.1) is 0 Å². The van der Waals surface area contributed by atoms with E-state index < -0.39 is 5.60 Å². The molecular weight excluding hydrogens is 372 g/mol. The molecule has 0 aromatic carbocycles. The van der Waals surface area contributed by atoms with Gasteiger partial charge in [-0.05, 0) is 40.5 Å². The molecule has 0 saturated carbocycles. The fourth-order valence-electron chi connectivity index (χ4n) is 2.80. The molecule has 1 fully saturated rings. The van der Waals surface area contributed by atoms with E-state index in [2.05, 4.69) is 15.3 Å². The Kier molecular flexibility index (Phi) is 7.11. The number of halogens is 1. The van der Waals surface area contributed by atoms with Crippen molar-refractivity contribution in [3.05, 3.63) is 16.7 Å². The van der Waals surface area contributed by atoms with Gasteiger partial charge in [0.2, 0.25) is 0 Å². The number of aromatic nitrogens is 2. The highest BCUT2D eigenvalue weighted by Crippen LogP contribution is 2.19. The second-order valence-corrected chi connectivity index (χ2v) is 8.06. The maximum Gasteiger partial charge on any atom is 0.410 e. The number of hydrogen-bond acceptors (Lipinski definition) is 5. The molecule has 8 nitrogen and oxygen atoms in total. The number of imidazole rings is 1. The van der Waals surface area contributed by atoms with Crippen LogP contribution in [0.25, 0.3) is 0 Å². The van der Waals surface area contributed by atoms with Crippen LogP contribution in [-0.2, 0) is 9.47 Å². The maximum atomic E-state index is 12.5. The average molecular weight is 401 g/mol. The van der Waals surface area contributed by atoms with Gasteiger partial charge < -0.3 is 24.7 Å². The predicted molar refractivity (Wildman–Crippen MR) is 102 cm³/mol. The zero-order chi connectivity index (χ0) is 20.2. The molecule has 1 aliphatic heterocycles. The summed E-state index contributed by atoms with van der Waals surface area (Å²) in [7, 11) is 0. The highest BCUT2D eigenvalue weighted by Gasteiger charge is 2.35. The highest BCUT2D eigenvalue weighted by molar-refractivity contribution is 6.30. The number of nitrogens with one attached hydrogen (secondary N) is 2. The van der Waals surface area contributed by atoms with Gasteiger partial charge in [0.1, 0.15) is 5.60 Å². The molecule has 1 aromatic rings. The van der Waals surface area contributed by atoms with Crippen molar-refractivity contribution in [1.82, 2.24) is 20.2 Å². The number of aryl methyl sites for hydroxylation is 1. The van der Waals surface area contributed by atoms with Crippen LogP contribution < -0.4 is 5.32 Å². The van der Waals surface area contributed by atoms with Crippen molar-refractivity contribution in [2.75, 3.05) is 19.7 Å². The summed E-state index contributed by atoms with van der Waals surface area (Å²) >= 11 is 5.91. The van der Waals surface area contributed by atoms with Gasteiger partial charge in [0.15, 0.2) is 11.0 Å². The van der Waals surface area contributed by atoms with Gasteiger partial charge in [0.05, 0.1) is 24.4 Å². The van der Waals surface area contributed by atoms with E-state index in [1.807, 2.05) is 27.7 Å². The lowest BCUT2D eigenvalue weighted by atomic mass is 10.0. The summed E-state index contributed by atoms with van der Waals surface area (Å²) in [6.07, 6.45) is 0.719. The van der Waals surface area contributed by atoms with E-state index in [4.69, 9.17) is 21.1 Å². The third-order valence-electron chi connectivity index (χ3n) is 4.10. The summed E-state index contributed by atoms with van der Waals surface area (Å²) in [4.78, 5) is 33.3. The second kappa shape index (κ2) is 8.93. The predicted octanol–water partition coefficient (Wildman–Crippen LogP) is 2.91. The van der Waals surface area contributed by atoms with Crippen LogP contribution in [0.2, 0.25) is 5.15 Å². The molecule has 2 unspecified atom stereocenters. The van der Waals surface area contributed by atoms with Gasteiger partial charge in [-0.2, -0.15) is 0 Å². The number of hydrogen-bond donors (Lipinski definition) is 2. The Morgan fingerprint density at radius 1 is 1.41 bits per heavy atom. The molecule has 0 spiro atoms. The van der Waals surface area contributed by atoms with E-state index in [9.17, 15) is 9.59 Å². The third kappa shape index (κ3) is 6.10. The van der Waals surface area contributed by atoms with Crippen molar-refractivity contribution in [3.63, 3.8) is 0 Å². The third-order valence-corrected chi connectivity index (χ3v) is 4.47. The Bertz CT molecular complexity index is 651. The fourth-order valence-corrected chi connectivity index (χ4v) is 2.93. The number of piperidine rings is 1. The Hall–Kier alpha value is -1.80. The summed E-state index contributed by atoms with van der Waals surface area (Å²) in [5, 5.41) is 3.22. The van der Waals surface area contributed by atoms with Gasteiger partial charge in [0, 0.05) is 13.2 Å². The summed E-state index contributed by atoms with van der Waals surface area (Å²) in [6, 6.07) is -0.230. The molecule has 9 heteroatoms. The van der Waals surface area contributed by atoms with E-state index >= 15 is 0 Å². The molecule has 2 amide bonds. The number of rotatable bonds is 5. The number of likely N-dealkylation sites (tertiary alicyclic amines) is 1. The van der Waals surface area contributed by atoms with Crippen molar-refractivity contribution in [2.45, 2.75) is 65.2 Å². The molecule has 1 aliphatic rings. The molecule has 152 valence electrons. The van der Waals surface area contributed by atoms with Gasteiger partial charge in [0.25, 0.3) is 5.91 Å². The summed E-state index contributed by atoms with van der Waals surface area (Å²) < 4.78 is 11.3. The minimum Gasteiger partial charge on any atom is -0.444 e. The molecule has 2 atom stereocenters. The van der Waals surface area contributed by atoms with Crippen LogP contribution in [0.4, 0.5) is 4.79 Å². The van der Waals surface area contributed by atoms with E-state index in [0.717, 1.165) is 6.42 Å². The van der Waals surface area contributed by atoms with Crippen LogP contribution in [0.3, 0.4) is 0 Å². The van der Waals surface area contributed by atoms with Crippen molar-refractivity contribution < 1.29 is 19.1 Å². The normalized spacial score (nSPS) is 20.4. The Morgan fingerprint density at radius 3 is 2.67 bits per heavy atom. The smallest absolute Gasteiger partial charge is 0.410 e. The van der Waals surface area contributed by atoms with E-state index in [0.29, 0.717) is 31.8 Å². The van der Waals surface area contributed by atoms with Crippen molar-refractivity contribution in [3.8, 4) is 0 Å². The first-order chi connectivity index (χ1) is 12.6. The topological polar surface area (TPSA) is 96.6 Å². The summed E-state index contributed by atoms with van der Waals surface area (Å²) in [6.45, 7) is 10.6. The lowest BCUT2D eigenvalue weighted by Crippen LogP contribution is -2.57. The number of carbonyl (C=O) groups is 2. The molecule has 2 heterocycles. The van der Waals surface area contributed by atoms with Crippen LogP contribution in [0.1, 0.15) is 56.8 Å². The molecule has 2 rings (SSSR count). The number of nitrogens with zero attached hydrogens (tertiary/aromatic N) is 2. The standard InChI is InChI=1S/C18H29ClN4O4/c1-6-9-26-13-10-23(17(25)27-18(3,4)5)8-7-12(13)21-16(24)15-20-11(2)14(19)22-15/h12-13H,6-10H2,1-5H3,(H,20,22)(H,21,24). The Morgan fingerprint density at radius 2 is 2.11 bits per heavy atom. The molecule has 0 aliphatic carbocycles. The van der Waals surface area contributed by atoms with Crippen molar-refractivity contribution >= 4 is 23.6 Å². The Labute approximate surface area is 164 Å². The molecule has 0 radical (unpaired) electrons. The summed E-state index contributed by atoms with van der Waals surface area (Å²) in [5.74, 6) is -0.174. The zero-order valence-corrected chi connectivity index (χ0v) is 17.4. The first-order valence-electron chi connectivity index (χ1n) is 9.23. The minimum atomic E-state index is -0.557. The number of ether oxygens (including phenoxy) is 2. The zero-order valence-electron chi connectivity index (χ0n) is 16.6. The monoisotopic (exact) mass is 400 g/mol. The van der Waals surface area contributed by atoms with Gasteiger partial charge in [-0.3, -0.25) is 4.79 Å². The second-order valence-electron chi connectivity index (χ2n) is 7.71. The van der Waals surface area contributed by atoms with Gasteiger partial charge in [-0.25, -0.2) is 9.78 Å². The Balaban J connectivity index is 2.03. The van der Waals surface area contributed by atoms with Crippen LogP contribution in [-0.4, -0.2) is 64.3 Å². The van der Waals surface area contributed by atoms with Crippen LogP contribution >= 0.6 is 11.6 Å². The lowest BCUT2D eigenvalue weighted by molar-refractivity contribution is -0.0331. The SMILES string of the molecule is CCCOC1CN(C(=O)OC(C)(C)C)CCC1NC(=O)c1nc(Cl)c(C)[nH]1. The van der Waals surface area contributed by atoms with Crippen LogP contribution in [0.5, 0.6) is 0 Å². The van der Waals surface area contributed by atoms with Gasteiger partial charge in [-0.1, -0.05) is 18.5 Å². The van der Waals surface area contributed by atoms with E-state index in [1.165, 1.54) is 0 Å². The summed E-state index contributed by atoms with van der Waals surface area (Å²) in [5.41, 5.74) is 0.0820. The van der Waals surface area contributed by atoms with Crippen LogP contribution in [0.15, 0.2) is 0 Å². The molecule has 0 bridgehead atoms. The average Bonchev–Trinajstić information content (AvgIpc) is 2.91. The lowest BCUT2D eigenvalue weighted by Gasteiger charge is -2.39. The van der Waals surface area contributed by atoms with Crippen molar-refractivity contribution in [1.29, 1.82) is 0 Å². The molecule has 1 aromatic heterocycles.